The van der Waals surface area contributed by atoms with Crippen molar-refractivity contribution in [3.8, 4) is 0 Å². The molecular formula is C18H28N4O. The van der Waals surface area contributed by atoms with Gasteiger partial charge in [0.05, 0.1) is 11.9 Å². The number of nitrogens with zero attached hydrogens (tertiary/aromatic N) is 4. The molecule has 23 heavy (non-hydrogen) atoms. The van der Waals surface area contributed by atoms with Crippen LogP contribution in [0.5, 0.6) is 0 Å². The molecule has 3 heterocycles. The molecular weight excluding hydrogens is 288 g/mol. The largest absolute Gasteiger partial charge is 0.367 e. The lowest BCUT2D eigenvalue weighted by Crippen LogP contribution is -2.47. The number of aromatic nitrogens is 1. The zero-order valence-corrected chi connectivity index (χ0v) is 14.4. The van der Waals surface area contributed by atoms with E-state index >= 15 is 0 Å². The van der Waals surface area contributed by atoms with E-state index in [4.69, 9.17) is 0 Å². The Balaban J connectivity index is 1.68. The lowest BCUT2D eigenvalue weighted by Gasteiger charge is -2.37. The number of anilines is 1. The standard InChI is InChI=1S/C18H28N4O/c1-3-15-6-4-5-9-22(15)16-7-8-17(19-14-16)18(23)21-12-10-20(2)11-13-21/h7-8,14-15H,3-6,9-13H2,1-2H3. The van der Waals surface area contributed by atoms with Gasteiger partial charge in [-0.2, -0.15) is 0 Å². The zero-order chi connectivity index (χ0) is 16.2. The smallest absolute Gasteiger partial charge is 0.272 e. The second kappa shape index (κ2) is 7.30. The lowest BCUT2D eigenvalue weighted by atomic mass is 9.99. The van der Waals surface area contributed by atoms with Gasteiger partial charge >= 0.3 is 0 Å². The normalized spacial score (nSPS) is 23.1. The summed E-state index contributed by atoms with van der Waals surface area (Å²) in [6.45, 7) is 6.82. The molecule has 1 amide bonds. The van der Waals surface area contributed by atoms with E-state index in [1.54, 1.807) is 0 Å². The van der Waals surface area contributed by atoms with Crippen LogP contribution >= 0.6 is 0 Å². The van der Waals surface area contributed by atoms with Crippen molar-refractivity contribution in [3.05, 3.63) is 24.0 Å². The van der Waals surface area contributed by atoms with Crippen molar-refractivity contribution in [2.45, 2.75) is 38.6 Å². The van der Waals surface area contributed by atoms with Crippen LogP contribution in [0.1, 0.15) is 43.1 Å². The fraction of sp³-hybridized carbons (Fsp3) is 0.667. The van der Waals surface area contributed by atoms with Crippen molar-refractivity contribution in [1.82, 2.24) is 14.8 Å². The van der Waals surface area contributed by atoms with Gasteiger partial charge in [-0.25, -0.2) is 4.98 Å². The molecule has 0 N–H and O–H groups in total. The first kappa shape index (κ1) is 16.2. The number of amides is 1. The molecule has 1 aromatic heterocycles. The Morgan fingerprint density at radius 3 is 2.61 bits per heavy atom. The van der Waals surface area contributed by atoms with Crippen LogP contribution in [0.25, 0.3) is 0 Å². The predicted octanol–water partition coefficient (Wildman–Crippen LogP) is 2.24. The highest BCUT2D eigenvalue weighted by atomic mass is 16.2. The molecule has 0 bridgehead atoms. The van der Waals surface area contributed by atoms with E-state index in [1.165, 1.54) is 25.7 Å². The fourth-order valence-electron chi connectivity index (χ4n) is 3.62. The Hall–Kier alpha value is -1.62. The van der Waals surface area contributed by atoms with Crippen molar-refractivity contribution < 1.29 is 4.79 Å². The average molecular weight is 316 g/mol. The van der Waals surface area contributed by atoms with Crippen molar-refractivity contribution in [1.29, 1.82) is 0 Å². The number of piperazine rings is 1. The number of rotatable bonds is 3. The summed E-state index contributed by atoms with van der Waals surface area (Å²) in [4.78, 5) is 23.6. The molecule has 0 radical (unpaired) electrons. The van der Waals surface area contributed by atoms with Crippen LogP contribution < -0.4 is 4.90 Å². The highest BCUT2D eigenvalue weighted by molar-refractivity contribution is 5.92. The maximum absolute atomic E-state index is 12.5. The number of carbonyl (C=O) groups excluding carboxylic acids is 1. The molecule has 126 valence electrons. The summed E-state index contributed by atoms with van der Waals surface area (Å²) in [6.07, 6.45) is 6.89. The molecule has 0 saturated carbocycles. The van der Waals surface area contributed by atoms with Crippen LogP contribution in [0.3, 0.4) is 0 Å². The highest BCUT2D eigenvalue weighted by Gasteiger charge is 2.23. The summed E-state index contributed by atoms with van der Waals surface area (Å²) >= 11 is 0. The Kier molecular flexibility index (Phi) is 5.16. The van der Waals surface area contributed by atoms with Crippen molar-refractivity contribution >= 4 is 11.6 Å². The van der Waals surface area contributed by atoms with Gasteiger partial charge in [0.2, 0.25) is 0 Å². The van der Waals surface area contributed by atoms with Crippen LogP contribution in [-0.4, -0.2) is 66.5 Å². The number of hydrogen-bond donors (Lipinski definition) is 0. The second-order valence-electron chi connectivity index (χ2n) is 6.75. The Morgan fingerprint density at radius 1 is 1.17 bits per heavy atom. The summed E-state index contributed by atoms with van der Waals surface area (Å²) in [7, 11) is 2.09. The average Bonchev–Trinajstić information content (AvgIpc) is 2.62. The van der Waals surface area contributed by atoms with Crippen LogP contribution in [-0.2, 0) is 0 Å². The zero-order valence-electron chi connectivity index (χ0n) is 14.4. The fourth-order valence-corrected chi connectivity index (χ4v) is 3.62. The summed E-state index contributed by atoms with van der Waals surface area (Å²) in [5.41, 5.74) is 1.73. The third-order valence-electron chi connectivity index (χ3n) is 5.19. The topological polar surface area (TPSA) is 39.7 Å². The van der Waals surface area contributed by atoms with E-state index in [-0.39, 0.29) is 5.91 Å². The van der Waals surface area contributed by atoms with Crippen LogP contribution in [0, 0.1) is 0 Å². The molecule has 1 aromatic rings. The van der Waals surface area contributed by atoms with Gasteiger partial charge < -0.3 is 14.7 Å². The van der Waals surface area contributed by atoms with Crippen LogP contribution in [0.4, 0.5) is 5.69 Å². The van der Waals surface area contributed by atoms with Gasteiger partial charge in [0.1, 0.15) is 5.69 Å². The minimum atomic E-state index is 0.0651. The van der Waals surface area contributed by atoms with E-state index in [0.29, 0.717) is 11.7 Å². The third kappa shape index (κ3) is 3.66. The molecule has 2 aliphatic heterocycles. The van der Waals surface area contributed by atoms with E-state index in [9.17, 15) is 4.79 Å². The molecule has 1 unspecified atom stereocenters. The monoisotopic (exact) mass is 316 g/mol. The molecule has 2 aliphatic rings. The van der Waals surface area contributed by atoms with Gasteiger partial charge in [0, 0.05) is 38.8 Å². The summed E-state index contributed by atoms with van der Waals surface area (Å²) in [6, 6.07) is 4.59. The molecule has 5 nitrogen and oxygen atoms in total. The number of hydrogen-bond acceptors (Lipinski definition) is 4. The minimum Gasteiger partial charge on any atom is -0.367 e. The highest BCUT2D eigenvalue weighted by Crippen LogP contribution is 2.26. The number of likely N-dealkylation sites (N-methyl/N-ethyl adjacent to an activating group) is 1. The van der Waals surface area contributed by atoms with E-state index in [2.05, 4.69) is 34.8 Å². The van der Waals surface area contributed by atoms with Gasteiger partial charge in [-0.15, -0.1) is 0 Å². The first-order chi connectivity index (χ1) is 11.2. The lowest BCUT2D eigenvalue weighted by molar-refractivity contribution is 0.0658. The Morgan fingerprint density at radius 2 is 1.96 bits per heavy atom. The number of piperidine rings is 1. The second-order valence-corrected chi connectivity index (χ2v) is 6.75. The van der Waals surface area contributed by atoms with E-state index < -0.39 is 0 Å². The maximum Gasteiger partial charge on any atom is 0.272 e. The molecule has 0 spiro atoms. The van der Waals surface area contributed by atoms with Crippen LogP contribution in [0.2, 0.25) is 0 Å². The molecule has 2 saturated heterocycles. The van der Waals surface area contributed by atoms with Gasteiger partial charge in [-0.3, -0.25) is 4.79 Å². The first-order valence-electron chi connectivity index (χ1n) is 8.89. The third-order valence-corrected chi connectivity index (χ3v) is 5.19. The number of pyridine rings is 1. The van der Waals surface area contributed by atoms with E-state index in [1.807, 2.05) is 17.2 Å². The van der Waals surface area contributed by atoms with Crippen molar-refractivity contribution in [2.75, 3.05) is 44.7 Å². The Labute approximate surface area is 139 Å². The molecule has 1 atom stereocenters. The Bertz CT molecular complexity index is 522. The van der Waals surface area contributed by atoms with E-state index in [0.717, 1.165) is 38.4 Å². The number of carbonyl (C=O) groups is 1. The maximum atomic E-state index is 12.5. The minimum absolute atomic E-state index is 0.0651. The molecule has 0 aromatic carbocycles. The van der Waals surface area contributed by atoms with Gasteiger partial charge in [-0.05, 0) is 44.9 Å². The molecule has 2 fully saturated rings. The summed E-state index contributed by atoms with van der Waals surface area (Å²) < 4.78 is 0. The predicted molar refractivity (Wildman–Crippen MR) is 92.9 cm³/mol. The molecule has 0 aliphatic carbocycles. The van der Waals surface area contributed by atoms with Gasteiger partial charge in [0.25, 0.3) is 5.91 Å². The summed E-state index contributed by atoms with van der Waals surface area (Å²) in [5.74, 6) is 0.0651. The van der Waals surface area contributed by atoms with Gasteiger partial charge in [-0.1, -0.05) is 6.92 Å². The molecule has 3 rings (SSSR count). The van der Waals surface area contributed by atoms with Crippen molar-refractivity contribution in [3.63, 3.8) is 0 Å². The SMILES string of the molecule is CCC1CCCCN1c1ccc(C(=O)N2CCN(C)CC2)nc1. The first-order valence-corrected chi connectivity index (χ1v) is 8.89. The van der Waals surface area contributed by atoms with Crippen LogP contribution in [0.15, 0.2) is 18.3 Å². The van der Waals surface area contributed by atoms with Gasteiger partial charge in [0.15, 0.2) is 0 Å². The summed E-state index contributed by atoms with van der Waals surface area (Å²) in [5, 5.41) is 0. The molecule has 5 heteroatoms. The van der Waals surface area contributed by atoms with Crippen molar-refractivity contribution in [2.24, 2.45) is 0 Å². The quantitative estimate of drug-likeness (QED) is 0.857.